The maximum absolute atomic E-state index is 13.3. The number of allylic oxidation sites excluding steroid dienone is 4. The number of aliphatic hydroxyl groups is 2. The Morgan fingerprint density at radius 2 is 1.78 bits per heavy atom. The number of Topliss-reactive ketones (excluding diaryl/α,β-unsaturated/α-hetero) is 2. The first-order valence-electron chi connectivity index (χ1n) is 10.4. The zero-order valence-electron chi connectivity index (χ0n) is 18.4. The fraction of sp³-hybridized carbons (Fsp3) is 0.417. The van der Waals surface area contributed by atoms with Gasteiger partial charge in [-0.2, -0.15) is 0 Å². The number of aliphatic hydroxyl groups excluding tert-OH is 1. The highest BCUT2D eigenvalue weighted by Gasteiger charge is 2.50. The van der Waals surface area contributed by atoms with Gasteiger partial charge in [-0.1, -0.05) is 37.7 Å². The molecule has 0 saturated carbocycles. The summed E-state index contributed by atoms with van der Waals surface area (Å²) in [7, 11) is -0.443. The van der Waals surface area contributed by atoms with E-state index in [1.165, 1.54) is 7.11 Å². The van der Waals surface area contributed by atoms with E-state index in [-0.39, 0.29) is 40.9 Å². The molecular weight excluding hydrogens is 428 g/mol. The second-order valence-electron chi connectivity index (χ2n) is 9.66. The number of benzene rings is 1. The van der Waals surface area contributed by atoms with Crippen molar-refractivity contribution in [3.05, 3.63) is 46.2 Å². The van der Waals surface area contributed by atoms with Crippen LogP contribution in [0.15, 0.2) is 24.0 Å². The van der Waals surface area contributed by atoms with E-state index in [1.807, 2.05) is 19.6 Å². The Kier molecular flexibility index (Phi) is 5.12. The Balaban J connectivity index is 1.91. The Morgan fingerprint density at radius 1 is 1.12 bits per heavy atom. The van der Waals surface area contributed by atoms with Crippen LogP contribution < -0.4 is 0 Å². The van der Waals surface area contributed by atoms with E-state index in [0.29, 0.717) is 0 Å². The topological polar surface area (TPSA) is 124 Å². The molecule has 7 nitrogen and oxygen atoms in total. The summed E-state index contributed by atoms with van der Waals surface area (Å²) < 4.78 is 5.28. The number of carbonyl (C=O) groups excluding carboxylic acids is 2. The molecule has 1 aromatic carbocycles. The normalized spacial score (nSPS) is 28.7. The van der Waals surface area contributed by atoms with Crippen molar-refractivity contribution in [2.75, 3.05) is 7.11 Å². The van der Waals surface area contributed by atoms with E-state index in [9.17, 15) is 30.0 Å². The first kappa shape index (κ1) is 22.3. The van der Waals surface area contributed by atoms with E-state index >= 15 is 0 Å². The standard InChI is InChI=1S/C24H26O7Si/c1-31-15-7-5-6-12-17(15)23(29)19-18(20(12)26)21(27)13-10-24(30,8-9-32(2,3)4)11-14(25)16(13)22(19)28/h5-7,12,14,17,25,27-28,30H,10-11H2,1-4H3. The smallest absolute Gasteiger partial charge is 0.179 e. The Morgan fingerprint density at radius 3 is 2.41 bits per heavy atom. The van der Waals surface area contributed by atoms with E-state index in [1.54, 1.807) is 18.2 Å². The van der Waals surface area contributed by atoms with Crippen molar-refractivity contribution in [1.82, 2.24) is 0 Å². The fourth-order valence-electron chi connectivity index (χ4n) is 4.71. The van der Waals surface area contributed by atoms with Crippen molar-refractivity contribution in [3.63, 3.8) is 0 Å². The molecule has 0 amide bonds. The van der Waals surface area contributed by atoms with Gasteiger partial charge in [0.05, 0.1) is 36.2 Å². The van der Waals surface area contributed by atoms with Gasteiger partial charge in [0.2, 0.25) is 0 Å². The molecule has 0 aliphatic heterocycles. The van der Waals surface area contributed by atoms with Crippen LogP contribution in [-0.2, 0) is 11.2 Å². The number of hydrogen-bond acceptors (Lipinski definition) is 7. The Bertz CT molecular complexity index is 1160. The second-order valence-corrected chi connectivity index (χ2v) is 14.4. The predicted octanol–water partition coefficient (Wildman–Crippen LogP) is 2.40. The number of phenols is 2. The molecule has 0 spiro atoms. The molecule has 4 rings (SSSR count). The third kappa shape index (κ3) is 3.37. The monoisotopic (exact) mass is 454 g/mol. The number of fused-ring (bicyclic) bond motifs is 3. The summed E-state index contributed by atoms with van der Waals surface area (Å²) in [5.74, 6) is -0.837. The first-order chi connectivity index (χ1) is 14.9. The van der Waals surface area contributed by atoms with Crippen LogP contribution in [-0.4, -0.2) is 52.8 Å². The molecule has 0 saturated heterocycles. The minimum absolute atomic E-state index is 0.0364. The molecule has 8 heteroatoms. The van der Waals surface area contributed by atoms with Crippen LogP contribution in [0.4, 0.5) is 0 Å². The molecule has 0 bridgehead atoms. The molecule has 4 atom stereocenters. The average Bonchev–Trinajstić information content (AvgIpc) is 2.71. The van der Waals surface area contributed by atoms with Crippen LogP contribution in [0.3, 0.4) is 0 Å². The highest BCUT2D eigenvalue weighted by Crippen LogP contribution is 2.52. The number of carbonyl (C=O) groups is 2. The number of ketones is 2. The molecule has 168 valence electrons. The van der Waals surface area contributed by atoms with Gasteiger partial charge in [-0.25, -0.2) is 0 Å². The minimum atomic E-state index is -1.84. The molecular formula is C24H26O7Si. The van der Waals surface area contributed by atoms with Crippen LogP contribution in [0.25, 0.3) is 0 Å². The molecule has 0 radical (unpaired) electrons. The lowest BCUT2D eigenvalue weighted by atomic mass is 9.68. The van der Waals surface area contributed by atoms with E-state index in [4.69, 9.17) is 4.74 Å². The number of methoxy groups -OCH3 is 1. The van der Waals surface area contributed by atoms with Crippen molar-refractivity contribution in [3.8, 4) is 23.0 Å². The van der Waals surface area contributed by atoms with Crippen LogP contribution in [0, 0.1) is 23.3 Å². The van der Waals surface area contributed by atoms with E-state index in [0.717, 1.165) is 0 Å². The predicted molar refractivity (Wildman–Crippen MR) is 119 cm³/mol. The van der Waals surface area contributed by atoms with Gasteiger partial charge in [-0.3, -0.25) is 9.59 Å². The third-order valence-electron chi connectivity index (χ3n) is 6.15. The molecule has 0 aromatic heterocycles. The summed E-state index contributed by atoms with van der Waals surface area (Å²) in [6.07, 6.45) is 3.01. The molecule has 0 heterocycles. The third-order valence-corrected chi connectivity index (χ3v) is 7.03. The highest BCUT2D eigenvalue weighted by molar-refractivity contribution is 6.83. The van der Waals surface area contributed by atoms with Gasteiger partial charge in [-0.05, 0) is 6.08 Å². The quantitative estimate of drug-likeness (QED) is 0.292. The van der Waals surface area contributed by atoms with Gasteiger partial charge < -0.3 is 25.2 Å². The lowest BCUT2D eigenvalue weighted by Gasteiger charge is -2.37. The fourth-order valence-corrected chi connectivity index (χ4v) is 5.31. The second kappa shape index (κ2) is 7.34. The van der Waals surface area contributed by atoms with Crippen LogP contribution in [0.1, 0.15) is 44.4 Å². The van der Waals surface area contributed by atoms with E-state index in [2.05, 4.69) is 11.5 Å². The summed E-state index contributed by atoms with van der Waals surface area (Å²) in [6.45, 7) is 6.03. The summed E-state index contributed by atoms with van der Waals surface area (Å²) in [4.78, 5) is 26.7. The van der Waals surface area contributed by atoms with Crippen LogP contribution >= 0.6 is 0 Å². The number of hydrogen-bond donors (Lipinski definition) is 4. The lowest BCUT2D eigenvalue weighted by molar-refractivity contribution is 0.0196. The van der Waals surface area contributed by atoms with Crippen LogP contribution in [0.2, 0.25) is 19.6 Å². The maximum Gasteiger partial charge on any atom is 0.179 e. The van der Waals surface area contributed by atoms with Gasteiger partial charge >= 0.3 is 0 Å². The van der Waals surface area contributed by atoms with Crippen molar-refractivity contribution in [2.24, 2.45) is 11.8 Å². The van der Waals surface area contributed by atoms with Gasteiger partial charge in [0.15, 0.2) is 11.6 Å². The van der Waals surface area contributed by atoms with Gasteiger partial charge in [0.25, 0.3) is 0 Å². The zero-order valence-corrected chi connectivity index (χ0v) is 19.4. The largest absolute Gasteiger partial charge is 0.507 e. The van der Waals surface area contributed by atoms with Crippen LogP contribution in [0.5, 0.6) is 11.5 Å². The van der Waals surface area contributed by atoms with Gasteiger partial charge in [0.1, 0.15) is 30.9 Å². The summed E-state index contributed by atoms with van der Waals surface area (Å²) in [5, 5.41) is 43.9. The SMILES string of the molecule is COC1=CC=CC2C(=O)c3c(O)c4c(c(O)c3C(=O)C12)C(O)CC(O)(C#C[Si](C)(C)C)C4. The Hall–Kier alpha value is -2.86. The summed E-state index contributed by atoms with van der Waals surface area (Å²) >= 11 is 0. The van der Waals surface area contributed by atoms with Gasteiger partial charge in [-0.15, -0.1) is 5.54 Å². The zero-order chi connectivity index (χ0) is 23.6. The molecule has 32 heavy (non-hydrogen) atoms. The van der Waals surface area contributed by atoms with Crippen molar-refractivity contribution < 1.29 is 34.8 Å². The molecule has 3 aliphatic rings. The molecule has 0 fully saturated rings. The lowest BCUT2D eigenvalue weighted by Crippen LogP contribution is -2.41. The molecule has 4 unspecified atom stereocenters. The highest BCUT2D eigenvalue weighted by atomic mass is 28.3. The molecule has 4 N–H and O–H groups in total. The first-order valence-corrected chi connectivity index (χ1v) is 13.9. The van der Waals surface area contributed by atoms with Crippen molar-refractivity contribution in [2.45, 2.75) is 44.2 Å². The van der Waals surface area contributed by atoms with Crippen molar-refractivity contribution in [1.29, 1.82) is 0 Å². The minimum Gasteiger partial charge on any atom is -0.507 e. The van der Waals surface area contributed by atoms with E-state index < -0.39 is 54.7 Å². The number of aromatic hydroxyl groups is 2. The maximum atomic E-state index is 13.3. The van der Waals surface area contributed by atoms with Gasteiger partial charge in [0, 0.05) is 24.0 Å². The summed E-state index contributed by atoms with van der Waals surface area (Å²) in [5.41, 5.74) is 0.830. The number of rotatable bonds is 1. The van der Waals surface area contributed by atoms with Crippen molar-refractivity contribution >= 4 is 19.6 Å². The number of phenolic OH excluding ortho intramolecular Hbond substituents is 2. The Labute approximate surface area is 187 Å². The number of ether oxygens (including phenoxy) is 1. The average molecular weight is 455 g/mol. The molecule has 3 aliphatic carbocycles. The molecule has 1 aromatic rings. The summed E-state index contributed by atoms with van der Waals surface area (Å²) in [6, 6.07) is 0.